The maximum Gasteiger partial charge on any atom is 0.420 e. The fraction of sp³-hybridized carbons (Fsp3) is 0.188. The van der Waals surface area contributed by atoms with Crippen molar-refractivity contribution >= 4 is 39.9 Å². The third kappa shape index (κ3) is 4.61. The number of hydrogen-bond donors (Lipinski definition) is 0. The van der Waals surface area contributed by atoms with E-state index in [4.69, 9.17) is 27.9 Å². The maximum atomic E-state index is 13.3. The number of alkyl halides is 3. The van der Waals surface area contributed by atoms with Crippen molar-refractivity contribution in [2.24, 2.45) is 0 Å². The molecule has 0 radical (unpaired) electrons. The second kappa shape index (κ2) is 8.01. The van der Waals surface area contributed by atoms with Gasteiger partial charge >= 0.3 is 11.5 Å². The van der Waals surface area contributed by atoms with Crippen LogP contribution in [0.5, 0.6) is 11.5 Å². The molecule has 2 aromatic carbocycles. The highest BCUT2D eigenvalue weighted by Crippen LogP contribution is 2.46. The molecule has 27 heavy (non-hydrogen) atoms. The van der Waals surface area contributed by atoms with E-state index in [-0.39, 0.29) is 23.7 Å². The fourth-order valence-corrected chi connectivity index (χ4v) is 2.74. The molecule has 1 amide bonds. The maximum absolute atomic E-state index is 13.3. The highest BCUT2D eigenvalue weighted by atomic mass is 35.5. The summed E-state index contributed by atoms with van der Waals surface area (Å²) < 4.78 is 45.3. The summed E-state index contributed by atoms with van der Waals surface area (Å²) in [7, 11) is 0. The van der Waals surface area contributed by atoms with E-state index in [1.165, 1.54) is 0 Å². The summed E-state index contributed by atoms with van der Waals surface area (Å²) in [5.74, 6) is -0.850. The Hall–Kier alpha value is -2.52. The smallest absolute Gasteiger partial charge is 0.420 e. The minimum atomic E-state index is -4.79. The second-order valence-corrected chi connectivity index (χ2v) is 5.82. The van der Waals surface area contributed by atoms with Gasteiger partial charge in [-0.3, -0.25) is 19.8 Å². The summed E-state index contributed by atoms with van der Waals surface area (Å²) in [6.45, 7) is 1.62. The van der Waals surface area contributed by atoms with E-state index in [1.807, 2.05) is 0 Å². The number of nitro benzene ring substituents is 1. The lowest BCUT2D eigenvalue weighted by molar-refractivity contribution is -0.384. The zero-order valence-electron chi connectivity index (χ0n) is 13.6. The Balaban J connectivity index is 2.56. The highest BCUT2D eigenvalue weighted by molar-refractivity contribution is 6.66. The first kappa shape index (κ1) is 20.8. The van der Waals surface area contributed by atoms with Gasteiger partial charge in [0.25, 0.3) is 5.69 Å². The zero-order chi connectivity index (χ0) is 20.4. The number of nitrogens with zero attached hydrogens (tertiary/aromatic N) is 2. The standard InChI is InChI=1S/C16H11Cl2F3N2O4/c1-2-22(15(18)24)12-8-7-11(16(19,20)21)14(13(12)17)27-10-5-3-9(4-6-10)23(25)26/h3-8H,2H2,1H3. The molecule has 0 fully saturated rings. The van der Waals surface area contributed by atoms with Crippen molar-refractivity contribution in [2.75, 3.05) is 11.4 Å². The molecular formula is C16H11Cl2F3N2O4. The number of rotatable bonds is 5. The molecule has 0 aliphatic heterocycles. The quantitative estimate of drug-likeness (QED) is 0.247. The molecule has 144 valence electrons. The number of nitro groups is 1. The van der Waals surface area contributed by atoms with Crippen LogP contribution in [-0.2, 0) is 6.18 Å². The first-order chi connectivity index (χ1) is 12.6. The lowest BCUT2D eigenvalue weighted by Crippen LogP contribution is -2.25. The zero-order valence-corrected chi connectivity index (χ0v) is 15.1. The molecule has 0 atom stereocenters. The topological polar surface area (TPSA) is 72.7 Å². The molecule has 0 heterocycles. The number of amides is 1. The molecule has 0 saturated heterocycles. The van der Waals surface area contributed by atoms with Crippen LogP contribution >= 0.6 is 23.2 Å². The Morgan fingerprint density at radius 1 is 1.22 bits per heavy atom. The van der Waals surface area contributed by atoms with Gasteiger partial charge in [0, 0.05) is 18.7 Å². The molecule has 2 aromatic rings. The van der Waals surface area contributed by atoms with Gasteiger partial charge in [-0.25, -0.2) is 0 Å². The van der Waals surface area contributed by atoms with Crippen molar-refractivity contribution in [1.29, 1.82) is 0 Å². The summed E-state index contributed by atoms with van der Waals surface area (Å²) in [6, 6.07) is 6.13. The van der Waals surface area contributed by atoms with E-state index in [0.29, 0.717) is 6.07 Å². The summed E-state index contributed by atoms with van der Waals surface area (Å²) in [4.78, 5) is 22.5. The van der Waals surface area contributed by atoms with Gasteiger partial charge in [-0.05, 0) is 42.8 Å². The van der Waals surface area contributed by atoms with Gasteiger partial charge in [0.05, 0.1) is 16.2 Å². The van der Waals surface area contributed by atoms with Crippen molar-refractivity contribution in [3.63, 3.8) is 0 Å². The Labute approximate surface area is 161 Å². The average Bonchev–Trinajstić information content (AvgIpc) is 2.57. The van der Waals surface area contributed by atoms with Crippen LogP contribution in [-0.4, -0.2) is 16.8 Å². The van der Waals surface area contributed by atoms with E-state index in [0.717, 1.165) is 35.2 Å². The minimum absolute atomic E-state index is 0.0599. The lowest BCUT2D eigenvalue weighted by Gasteiger charge is -2.23. The van der Waals surface area contributed by atoms with Crippen LogP contribution in [0.25, 0.3) is 0 Å². The van der Waals surface area contributed by atoms with Gasteiger partial charge in [0.1, 0.15) is 10.8 Å². The molecule has 0 aliphatic rings. The Morgan fingerprint density at radius 3 is 2.26 bits per heavy atom. The van der Waals surface area contributed by atoms with Crippen LogP contribution in [0, 0.1) is 10.1 Å². The third-order valence-corrected chi connectivity index (χ3v) is 4.04. The van der Waals surface area contributed by atoms with Crippen LogP contribution in [0.4, 0.5) is 29.3 Å². The number of hydrogen-bond acceptors (Lipinski definition) is 4. The summed E-state index contributed by atoms with van der Waals surface area (Å²) >= 11 is 11.5. The molecule has 0 N–H and O–H groups in total. The lowest BCUT2D eigenvalue weighted by atomic mass is 10.1. The predicted octanol–water partition coefficient (Wildman–Crippen LogP) is 6.24. The molecule has 0 bridgehead atoms. The van der Waals surface area contributed by atoms with Gasteiger partial charge in [-0.15, -0.1) is 0 Å². The Kier molecular flexibility index (Phi) is 6.17. The normalized spacial score (nSPS) is 11.2. The van der Waals surface area contributed by atoms with Crippen LogP contribution in [0.3, 0.4) is 0 Å². The van der Waals surface area contributed by atoms with E-state index >= 15 is 0 Å². The van der Waals surface area contributed by atoms with Gasteiger partial charge in [0.2, 0.25) is 0 Å². The molecule has 6 nitrogen and oxygen atoms in total. The number of non-ortho nitro benzene ring substituents is 1. The number of ether oxygens (including phenoxy) is 1. The highest BCUT2D eigenvalue weighted by Gasteiger charge is 2.37. The van der Waals surface area contributed by atoms with E-state index in [1.54, 1.807) is 6.92 Å². The Morgan fingerprint density at radius 2 is 1.81 bits per heavy atom. The average molecular weight is 423 g/mol. The Bertz CT molecular complexity index is 873. The van der Waals surface area contributed by atoms with Crippen LogP contribution in [0.15, 0.2) is 36.4 Å². The van der Waals surface area contributed by atoms with Gasteiger partial charge < -0.3 is 4.74 Å². The minimum Gasteiger partial charge on any atom is -0.455 e. The molecule has 2 rings (SSSR count). The SMILES string of the molecule is CCN(C(=O)Cl)c1ccc(C(F)(F)F)c(Oc2ccc([N+](=O)[O-])cc2)c1Cl. The molecule has 11 heteroatoms. The van der Waals surface area contributed by atoms with E-state index < -0.39 is 32.8 Å². The molecule has 0 unspecified atom stereocenters. The van der Waals surface area contributed by atoms with Crippen LogP contribution in [0.2, 0.25) is 5.02 Å². The van der Waals surface area contributed by atoms with Gasteiger partial charge in [0.15, 0.2) is 5.75 Å². The van der Waals surface area contributed by atoms with E-state index in [9.17, 15) is 28.1 Å². The molecule has 0 aromatic heterocycles. The van der Waals surface area contributed by atoms with Crippen LogP contribution in [0.1, 0.15) is 12.5 Å². The number of carbonyl (C=O) groups excluding carboxylic acids is 1. The van der Waals surface area contributed by atoms with Crippen molar-refractivity contribution < 1.29 is 27.6 Å². The molecule has 0 spiro atoms. The first-order valence-corrected chi connectivity index (χ1v) is 8.10. The van der Waals surface area contributed by atoms with Gasteiger partial charge in [-0.2, -0.15) is 13.2 Å². The van der Waals surface area contributed by atoms with Gasteiger partial charge in [-0.1, -0.05) is 11.6 Å². The first-order valence-electron chi connectivity index (χ1n) is 7.35. The number of halogens is 5. The van der Waals surface area contributed by atoms with Crippen molar-refractivity contribution in [2.45, 2.75) is 13.1 Å². The largest absolute Gasteiger partial charge is 0.455 e. The summed E-state index contributed by atoms with van der Waals surface area (Å²) in [5, 5.41) is 9.27. The molecule has 0 aliphatic carbocycles. The van der Waals surface area contributed by atoms with Crippen molar-refractivity contribution in [1.82, 2.24) is 0 Å². The monoisotopic (exact) mass is 422 g/mol. The van der Waals surface area contributed by atoms with E-state index in [2.05, 4.69) is 0 Å². The third-order valence-electron chi connectivity index (χ3n) is 3.47. The number of anilines is 1. The molecular weight excluding hydrogens is 412 g/mol. The summed E-state index contributed by atoms with van der Waals surface area (Å²) in [5.41, 5.74) is -1.50. The number of carbonyl (C=O) groups is 1. The van der Waals surface area contributed by atoms with Crippen molar-refractivity contribution in [3.8, 4) is 11.5 Å². The molecule has 0 saturated carbocycles. The van der Waals surface area contributed by atoms with Crippen LogP contribution < -0.4 is 9.64 Å². The summed E-state index contributed by atoms with van der Waals surface area (Å²) in [6.07, 6.45) is -4.79. The van der Waals surface area contributed by atoms with Crippen molar-refractivity contribution in [3.05, 3.63) is 57.1 Å². The second-order valence-electron chi connectivity index (χ2n) is 5.12. The fourth-order valence-electron chi connectivity index (χ4n) is 2.22. The number of benzene rings is 2. The predicted molar refractivity (Wildman–Crippen MR) is 93.9 cm³/mol.